The molecule has 0 radical (unpaired) electrons. The van der Waals surface area contributed by atoms with Crippen LogP contribution in [0.1, 0.15) is 30.9 Å². The summed E-state index contributed by atoms with van der Waals surface area (Å²) in [5.74, 6) is 1.65. The van der Waals surface area contributed by atoms with Gasteiger partial charge in [-0.1, -0.05) is 0 Å². The first-order chi connectivity index (χ1) is 13.7. The Morgan fingerprint density at radius 1 is 1.21 bits per heavy atom. The number of benzene rings is 1. The average molecular weight is 378 g/mol. The molecule has 0 aliphatic rings. The molecule has 0 aliphatic heterocycles. The molecule has 0 amide bonds. The van der Waals surface area contributed by atoms with E-state index in [1.165, 1.54) is 0 Å². The van der Waals surface area contributed by atoms with E-state index in [4.69, 9.17) is 10.5 Å². The molecule has 0 saturated carbocycles. The van der Waals surface area contributed by atoms with Gasteiger partial charge in [-0.05, 0) is 63.6 Å². The number of hydrogen-bond acceptors (Lipinski definition) is 6. The van der Waals surface area contributed by atoms with E-state index in [1.54, 1.807) is 10.7 Å². The summed E-state index contributed by atoms with van der Waals surface area (Å²) in [6.07, 6.45) is 3.60. The van der Waals surface area contributed by atoms with Gasteiger partial charge in [-0.25, -0.2) is 4.52 Å². The summed E-state index contributed by atoms with van der Waals surface area (Å²) < 4.78 is 7.28. The predicted molar refractivity (Wildman–Crippen MR) is 112 cm³/mol. The second-order valence-corrected chi connectivity index (χ2v) is 6.47. The number of nitrogens with zero attached hydrogens (tertiary/aromatic N) is 3. The normalized spacial score (nSPS) is 10.6. The lowest BCUT2D eigenvalue weighted by molar-refractivity contribution is 0.340. The molecule has 0 spiro atoms. The lowest BCUT2D eigenvalue weighted by Gasteiger charge is -2.18. The number of ether oxygens (including phenoxy) is 1. The number of unbranched alkanes of at least 4 members (excludes halogenated alkanes) is 1. The van der Waals surface area contributed by atoms with Gasteiger partial charge in [0.15, 0.2) is 0 Å². The monoisotopic (exact) mass is 378 g/mol. The van der Waals surface area contributed by atoms with Crippen LogP contribution in [-0.2, 0) is 0 Å². The minimum absolute atomic E-state index is 0.597. The highest BCUT2D eigenvalue weighted by molar-refractivity contribution is 5.82. The molecular formula is C21H26N6O. The van der Waals surface area contributed by atoms with E-state index in [-0.39, 0.29) is 0 Å². The zero-order valence-corrected chi connectivity index (χ0v) is 16.3. The molecule has 3 rings (SSSR count). The number of anilines is 3. The molecule has 0 bridgehead atoms. The van der Waals surface area contributed by atoms with Gasteiger partial charge in [-0.2, -0.15) is 10.4 Å². The number of rotatable bonds is 9. The average Bonchev–Trinajstić information content (AvgIpc) is 3.19. The SMILES string of the molecule is CCOc1ccc(Nc2c(C)c(NCCCCN)c(C#N)c3ccnn23)cc1. The van der Waals surface area contributed by atoms with Crippen molar-refractivity contribution < 1.29 is 4.74 Å². The Balaban J connectivity index is 1.97. The van der Waals surface area contributed by atoms with Crippen molar-refractivity contribution in [2.24, 2.45) is 5.73 Å². The number of fused-ring (bicyclic) bond motifs is 1. The first kappa shape index (κ1) is 19.5. The van der Waals surface area contributed by atoms with Gasteiger partial charge in [0.25, 0.3) is 0 Å². The Morgan fingerprint density at radius 2 is 2.00 bits per heavy atom. The van der Waals surface area contributed by atoms with Crippen LogP contribution in [0.25, 0.3) is 5.52 Å². The Morgan fingerprint density at radius 3 is 2.68 bits per heavy atom. The quantitative estimate of drug-likeness (QED) is 0.490. The molecule has 28 heavy (non-hydrogen) atoms. The fourth-order valence-electron chi connectivity index (χ4n) is 3.17. The smallest absolute Gasteiger partial charge is 0.137 e. The Labute approximate surface area is 165 Å². The predicted octanol–water partition coefficient (Wildman–Crippen LogP) is 3.81. The van der Waals surface area contributed by atoms with Gasteiger partial charge in [0.1, 0.15) is 23.2 Å². The molecule has 0 aliphatic carbocycles. The van der Waals surface area contributed by atoms with Crippen LogP contribution in [-0.4, -0.2) is 29.3 Å². The second-order valence-electron chi connectivity index (χ2n) is 6.47. The Bertz CT molecular complexity index is 971. The molecule has 1 aromatic carbocycles. The van der Waals surface area contributed by atoms with E-state index >= 15 is 0 Å². The summed E-state index contributed by atoms with van der Waals surface area (Å²) in [6, 6.07) is 12.0. The van der Waals surface area contributed by atoms with Gasteiger partial charge in [0.05, 0.1) is 24.0 Å². The molecule has 0 atom stereocenters. The second kappa shape index (κ2) is 9.11. The highest BCUT2D eigenvalue weighted by atomic mass is 16.5. The maximum Gasteiger partial charge on any atom is 0.137 e. The topological polar surface area (TPSA) is 100 Å². The fourth-order valence-corrected chi connectivity index (χ4v) is 3.17. The maximum atomic E-state index is 9.74. The van der Waals surface area contributed by atoms with Crippen molar-refractivity contribution >= 4 is 22.7 Å². The van der Waals surface area contributed by atoms with Crippen molar-refractivity contribution in [3.63, 3.8) is 0 Å². The molecule has 3 aromatic rings. The van der Waals surface area contributed by atoms with E-state index < -0.39 is 0 Å². The summed E-state index contributed by atoms with van der Waals surface area (Å²) >= 11 is 0. The van der Waals surface area contributed by atoms with Crippen LogP contribution in [0, 0.1) is 18.3 Å². The third-order valence-electron chi connectivity index (χ3n) is 4.56. The van der Waals surface area contributed by atoms with Crippen LogP contribution >= 0.6 is 0 Å². The molecule has 4 N–H and O–H groups in total. The van der Waals surface area contributed by atoms with Crippen LogP contribution < -0.4 is 21.1 Å². The van der Waals surface area contributed by atoms with E-state index in [0.29, 0.717) is 18.7 Å². The first-order valence-corrected chi connectivity index (χ1v) is 9.53. The molecule has 0 saturated heterocycles. The molecule has 0 unspecified atom stereocenters. The minimum Gasteiger partial charge on any atom is -0.494 e. The number of nitrogens with one attached hydrogen (secondary N) is 2. The zero-order valence-electron chi connectivity index (χ0n) is 16.3. The summed E-state index contributed by atoms with van der Waals surface area (Å²) in [4.78, 5) is 0. The van der Waals surface area contributed by atoms with Crippen LogP contribution in [0.2, 0.25) is 0 Å². The van der Waals surface area contributed by atoms with E-state index in [9.17, 15) is 5.26 Å². The Kier molecular flexibility index (Phi) is 6.35. The lowest BCUT2D eigenvalue weighted by Crippen LogP contribution is -2.12. The summed E-state index contributed by atoms with van der Waals surface area (Å²) in [6.45, 7) is 6.01. The van der Waals surface area contributed by atoms with Crippen molar-refractivity contribution in [3.05, 3.63) is 47.7 Å². The van der Waals surface area contributed by atoms with Crippen LogP contribution in [0.3, 0.4) is 0 Å². The van der Waals surface area contributed by atoms with Gasteiger partial charge in [0, 0.05) is 17.8 Å². The lowest BCUT2D eigenvalue weighted by atomic mass is 10.1. The molecule has 146 valence electrons. The van der Waals surface area contributed by atoms with E-state index in [0.717, 1.165) is 53.4 Å². The standard InChI is InChI=1S/C21H26N6O/c1-3-28-17-8-6-16(7-9-17)26-21-15(2)20(24-12-5-4-11-22)18(14-23)19-10-13-25-27(19)21/h6-10,13,24,26H,3-5,11-12,22H2,1-2H3. The summed E-state index contributed by atoms with van der Waals surface area (Å²) in [7, 11) is 0. The van der Waals surface area contributed by atoms with Gasteiger partial charge < -0.3 is 21.1 Å². The van der Waals surface area contributed by atoms with Gasteiger partial charge in [-0.3, -0.25) is 0 Å². The minimum atomic E-state index is 0.597. The van der Waals surface area contributed by atoms with Gasteiger partial charge in [0.2, 0.25) is 0 Å². The number of nitriles is 1. The van der Waals surface area contributed by atoms with Crippen LogP contribution in [0.15, 0.2) is 36.5 Å². The first-order valence-electron chi connectivity index (χ1n) is 9.53. The Hall–Kier alpha value is -3.24. The molecule has 2 aromatic heterocycles. The summed E-state index contributed by atoms with van der Waals surface area (Å²) in [5.41, 5.74) is 9.64. The molecule has 0 fully saturated rings. The van der Waals surface area contributed by atoms with Crippen molar-refractivity contribution in [2.75, 3.05) is 30.3 Å². The number of aromatic nitrogens is 2. The largest absolute Gasteiger partial charge is 0.494 e. The van der Waals surface area contributed by atoms with Crippen molar-refractivity contribution in [1.29, 1.82) is 5.26 Å². The maximum absolute atomic E-state index is 9.74. The van der Waals surface area contributed by atoms with Crippen LogP contribution in [0.4, 0.5) is 17.2 Å². The third kappa shape index (κ3) is 4.02. The van der Waals surface area contributed by atoms with Gasteiger partial charge >= 0.3 is 0 Å². The number of nitrogens with two attached hydrogens (primary N) is 1. The van der Waals surface area contributed by atoms with Crippen molar-refractivity contribution in [1.82, 2.24) is 9.61 Å². The number of hydrogen-bond donors (Lipinski definition) is 3. The molecule has 7 heteroatoms. The van der Waals surface area contributed by atoms with Gasteiger partial charge in [-0.15, -0.1) is 0 Å². The highest BCUT2D eigenvalue weighted by Gasteiger charge is 2.18. The number of pyridine rings is 1. The van der Waals surface area contributed by atoms with Crippen molar-refractivity contribution in [2.45, 2.75) is 26.7 Å². The molecule has 2 heterocycles. The molecule has 7 nitrogen and oxygen atoms in total. The third-order valence-corrected chi connectivity index (χ3v) is 4.56. The van der Waals surface area contributed by atoms with Crippen LogP contribution in [0.5, 0.6) is 5.75 Å². The van der Waals surface area contributed by atoms with Crippen molar-refractivity contribution in [3.8, 4) is 11.8 Å². The highest BCUT2D eigenvalue weighted by Crippen LogP contribution is 2.33. The molecular weight excluding hydrogens is 352 g/mol. The van der Waals surface area contributed by atoms with E-state index in [1.807, 2.05) is 44.2 Å². The van der Waals surface area contributed by atoms with E-state index in [2.05, 4.69) is 21.8 Å². The zero-order chi connectivity index (χ0) is 19.9. The fraction of sp³-hybridized carbons (Fsp3) is 0.333. The summed E-state index contributed by atoms with van der Waals surface area (Å²) in [5, 5.41) is 21.0.